The first kappa shape index (κ1) is 16.1. The molecule has 3 rings (SSSR count). The van der Waals surface area contributed by atoms with Gasteiger partial charge in [-0.05, 0) is 37.1 Å². The van der Waals surface area contributed by atoms with E-state index >= 15 is 0 Å². The second-order valence-corrected chi connectivity index (χ2v) is 6.51. The number of rotatable bonds is 5. The number of amides is 1. The van der Waals surface area contributed by atoms with Crippen LogP contribution in [0.25, 0.3) is 0 Å². The number of carbonyl (C=O) groups excluding carboxylic acids is 1. The maximum atomic E-state index is 12.1. The van der Waals surface area contributed by atoms with Crippen LogP contribution < -0.4 is 15.0 Å². The third-order valence-corrected chi connectivity index (χ3v) is 4.90. The number of methoxy groups -OCH3 is 1. The lowest BCUT2D eigenvalue weighted by Crippen LogP contribution is -2.50. The van der Waals surface area contributed by atoms with E-state index in [1.807, 2.05) is 12.1 Å². The zero-order valence-electron chi connectivity index (χ0n) is 14.0. The molecule has 5 nitrogen and oxygen atoms in total. The maximum absolute atomic E-state index is 12.1. The normalized spacial score (nSPS) is 19.8. The van der Waals surface area contributed by atoms with Crippen molar-refractivity contribution in [2.75, 3.05) is 44.7 Å². The Kier molecular flexibility index (Phi) is 5.39. The lowest BCUT2D eigenvalue weighted by atomic mass is 10.2. The molecule has 0 unspecified atom stereocenters. The number of piperazine rings is 1. The third-order valence-electron chi connectivity index (χ3n) is 4.90. The predicted molar refractivity (Wildman–Crippen MR) is 92.0 cm³/mol. The Morgan fingerprint density at radius 2 is 1.78 bits per heavy atom. The van der Waals surface area contributed by atoms with Crippen LogP contribution in [0.5, 0.6) is 5.75 Å². The van der Waals surface area contributed by atoms with Crippen LogP contribution in [-0.4, -0.2) is 56.7 Å². The summed E-state index contributed by atoms with van der Waals surface area (Å²) in [5, 5.41) is 3.17. The van der Waals surface area contributed by atoms with Gasteiger partial charge >= 0.3 is 0 Å². The van der Waals surface area contributed by atoms with Crippen molar-refractivity contribution in [1.82, 2.24) is 10.2 Å². The number of ether oxygens (including phenoxy) is 1. The Bertz CT molecular complexity index is 504. The van der Waals surface area contributed by atoms with E-state index in [1.165, 1.54) is 18.5 Å². The first-order valence-corrected chi connectivity index (χ1v) is 8.65. The van der Waals surface area contributed by atoms with E-state index in [0.29, 0.717) is 12.6 Å². The second kappa shape index (κ2) is 7.68. The fraction of sp³-hybridized carbons (Fsp3) is 0.611. The molecule has 1 saturated heterocycles. The van der Waals surface area contributed by atoms with E-state index in [-0.39, 0.29) is 5.91 Å². The van der Waals surface area contributed by atoms with Crippen molar-refractivity contribution in [2.45, 2.75) is 31.7 Å². The number of anilines is 1. The van der Waals surface area contributed by atoms with Crippen LogP contribution in [0, 0.1) is 0 Å². The molecule has 0 spiro atoms. The summed E-state index contributed by atoms with van der Waals surface area (Å²) in [5.41, 5.74) is 1.22. The summed E-state index contributed by atoms with van der Waals surface area (Å²) in [6.45, 7) is 4.33. The van der Waals surface area contributed by atoms with Gasteiger partial charge < -0.3 is 15.0 Å². The molecule has 23 heavy (non-hydrogen) atoms. The number of nitrogens with one attached hydrogen (secondary N) is 1. The summed E-state index contributed by atoms with van der Waals surface area (Å²) >= 11 is 0. The first-order chi connectivity index (χ1) is 11.2. The Labute approximate surface area is 138 Å². The second-order valence-electron chi connectivity index (χ2n) is 6.51. The van der Waals surface area contributed by atoms with Gasteiger partial charge in [0.2, 0.25) is 5.91 Å². The van der Waals surface area contributed by atoms with Crippen LogP contribution >= 0.6 is 0 Å². The molecule has 0 radical (unpaired) electrons. The van der Waals surface area contributed by atoms with E-state index in [2.05, 4.69) is 27.2 Å². The van der Waals surface area contributed by atoms with Crippen LogP contribution in [-0.2, 0) is 4.79 Å². The van der Waals surface area contributed by atoms with Gasteiger partial charge in [0.15, 0.2) is 0 Å². The number of hydrogen-bond donors (Lipinski definition) is 1. The van der Waals surface area contributed by atoms with Crippen molar-refractivity contribution in [2.24, 2.45) is 0 Å². The van der Waals surface area contributed by atoms with Gasteiger partial charge in [-0.15, -0.1) is 0 Å². The molecular weight excluding hydrogens is 290 g/mol. The summed E-state index contributed by atoms with van der Waals surface area (Å²) in [6, 6.07) is 8.61. The number of nitrogens with zero attached hydrogens (tertiary/aromatic N) is 2. The van der Waals surface area contributed by atoms with E-state index < -0.39 is 0 Å². The number of hydrogen-bond acceptors (Lipinski definition) is 4. The van der Waals surface area contributed by atoms with Crippen LogP contribution in [0.15, 0.2) is 24.3 Å². The van der Waals surface area contributed by atoms with E-state index in [1.54, 1.807) is 7.11 Å². The molecule has 126 valence electrons. The molecule has 1 aromatic rings. The van der Waals surface area contributed by atoms with Crippen molar-refractivity contribution in [1.29, 1.82) is 0 Å². The minimum Gasteiger partial charge on any atom is -0.497 e. The van der Waals surface area contributed by atoms with Gasteiger partial charge in [0.05, 0.1) is 13.7 Å². The predicted octanol–water partition coefficient (Wildman–Crippen LogP) is 1.88. The highest BCUT2D eigenvalue weighted by Crippen LogP contribution is 2.20. The Hall–Kier alpha value is -1.75. The number of benzene rings is 1. The molecule has 1 amide bonds. The largest absolute Gasteiger partial charge is 0.497 e. The monoisotopic (exact) mass is 317 g/mol. The van der Waals surface area contributed by atoms with Crippen molar-refractivity contribution in [3.8, 4) is 5.75 Å². The molecule has 0 bridgehead atoms. The van der Waals surface area contributed by atoms with Gasteiger partial charge in [0, 0.05) is 37.9 Å². The maximum Gasteiger partial charge on any atom is 0.234 e. The van der Waals surface area contributed by atoms with Crippen LogP contribution in [0.1, 0.15) is 25.7 Å². The van der Waals surface area contributed by atoms with Crippen molar-refractivity contribution < 1.29 is 9.53 Å². The quantitative estimate of drug-likeness (QED) is 0.900. The van der Waals surface area contributed by atoms with E-state index in [0.717, 1.165) is 44.8 Å². The third kappa shape index (κ3) is 4.38. The zero-order valence-corrected chi connectivity index (χ0v) is 14.0. The molecule has 1 aromatic carbocycles. The summed E-state index contributed by atoms with van der Waals surface area (Å²) < 4.78 is 5.20. The van der Waals surface area contributed by atoms with E-state index in [9.17, 15) is 4.79 Å². The molecule has 1 heterocycles. The van der Waals surface area contributed by atoms with Gasteiger partial charge in [-0.25, -0.2) is 0 Å². The van der Waals surface area contributed by atoms with Crippen LogP contribution in [0.2, 0.25) is 0 Å². The van der Waals surface area contributed by atoms with E-state index in [4.69, 9.17) is 4.74 Å². The molecule has 1 aliphatic heterocycles. The zero-order chi connectivity index (χ0) is 16.1. The molecule has 5 heteroatoms. The van der Waals surface area contributed by atoms with Crippen molar-refractivity contribution >= 4 is 11.6 Å². The molecular formula is C18H27N3O2. The first-order valence-electron chi connectivity index (χ1n) is 8.65. The lowest BCUT2D eigenvalue weighted by molar-refractivity contribution is -0.123. The highest BCUT2D eigenvalue weighted by molar-refractivity contribution is 5.78. The average Bonchev–Trinajstić information content (AvgIpc) is 3.08. The molecule has 0 atom stereocenters. The van der Waals surface area contributed by atoms with Gasteiger partial charge in [-0.3, -0.25) is 9.69 Å². The minimum atomic E-state index is 0.190. The molecule has 1 saturated carbocycles. The summed E-state index contributed by atoms with van der Waals surface area (Å²) in [7, 11) is 1.68. The van der Waals surface area contributed by atoms with Crippen molar-refractivity contribution in [3.05, 3.63) is 24.3 Å². The topological polar surface area (TPSA) is 44.8 Å². The number of carbonyl (C=O) groups is 1. The SMILES string of the molecule is COc1ccc(N2CCN(CC(=O)NC3CCCC3)CC2)cc1. The lowest BCUT2D eigenvalue weighted by Gasteiger charge is -2.35. The summed E-state index contributed by atoms with van der Waals surface area (Å²) in [6.07, 6.45) is 4.81. The van der Waals surface area contributed by atoms with Gasteiger partial charge in [0.1, 0.15) is 5.75 Å². The molecule has 2 fully saturated rings. The Morgan fingerprint density at radius 1 is 1.13 bits per heavy atom. The molecule has 0 aromatic heterocycles. The Balaban J connectivity index is 1.43. The van der Waals surface area contributed by atoms with Crippen molar-refractivity contribution in [3.63, 3.8) is 0 Å². The molecule has 1 N–H and O–H groups in total. The summed E-state index contributed by atoms with van der Waals surface area (Å²) in [5.74, 6) is 1.07. The highest BCUT2D eigenvalue weighted by Gasteiger charge is 2.21. The minimum absolute atomic E-state index is 0.190. The smallest absolute Gasteiger partial charge is 0.234 e. The van der Waals surface area contributed by atoms with Gasteiger partial charge in [-0.1, -0.05) is 12.8 Å². The van der Waals surface area contributed by atoms with Crippen LogP contribution in [0.4, 0.5) is 5.69 Å². The standard InChI is InChI=1S/C18H27N3O2/c1-23-17-8-6-16(7-9-17)21-12-10-20(11-13-21)14-18(22)19-15-4-2-3-5-15/h6-9,15H,2-5,10-14H2,1H3,(H,19,22). The van der Waals surface area contributed by atoms with Gasteiger partial charge in [-0.2, -0.15) is 0 Å². The average molecular weight is 317 g/mol. The molecule has 2 aliphatic rings. The Morgan fingerprint density at radius 3 is 2.39 bits per heavy atom. The molecule has 1 aliphatic carbocycles. The fourth-order valence-electron chi connectivity index (χ4n) is 3.50. The summed E-state index contributed by atoms with van der Waals surface area (Å²) in [4.78, 5) is 16.7. The van der Waals surface area contributed by atoms with Crippen LogP contribution in [0.3, 0.4) is 0 Å². The van der Waals surface area contributed by atoms with Gasteiger partial charge in [0.25, 0.3) is 0 Å². The highest BCUT2D eigenvalue weighted by atomic mass is 16.5. The fourth-order valence-corrected chi connectivity index (χ4v) is 3.50.